The van der Waals surface area contributed by atoms with E-state index in [9.17, 15) is 4.79 Å². The first kappa shape index (κ1) is 17.4. The van der Waals surface area contributed by atoms with E-state index in [1.54, 1.807) is 11.6 Å². The molecular weight excluding hydrogens is 406 g/mol. The van der Waals surface area contributed by atoms with Crippen LogP contribution in [0, 0.1) is 6.92 Å². The lowest BCUT2D eigenvalue weighted by molar-refractivity contribution is 0.0599. The third-order valence-electron chi connectivity index (χ3n) is 4.37. The van der Waals surface area contributed by atoms with E-state index in [4.69, 9.17) is 9.84 Å². The Hall–Kier alpha value is -2.99. The van der Waals surface area contributed by atoms with Gasteiger partial charge in [-0.05, 0) is 37.3 Å². The molecule has 0 bridgehead atoms. The Balaban J connectivity index is 2.04. The minimum atomic E-state index is -0.406. The summed E-state index contributed by atoms with van der Waals surface area (Å²) in [5.41, 5.74) is 4.36. The first-order valence-corrected chi connectivity index (χ1v) is 9.18. The highest BCUT2D eigenvalue weighted by Crippen LogP contribution is 2.31. The summed E-state index contributed by atoms with van der Waals surface area (Å²) in [6, 6.07) is 19.5. The van der Waals surface area contributed by atoms with Crippen molar-refractivity contribution in [1.29, 1.82) is 0 Å². The van der Waals surface area contributed by atoms with Crippen LogP contribution >= 0.6 is 15.9 Å². The fourth-order valence-corrected chi connectivity index (χ4v) is 3.28. The maximum atomic E-state index is 12.2. The number of rotatable bonds is 3. The van der Waals surface area contributed by atoms with Crippen molar-refractivity contribution >= 4 is 32.9 Å². The number of para-hydroxylation sites is 1. The van der Waals surface area contributed by atoms with E-state index in [1.165, 1.54) is 7.11 Å². The number of ether oxygens (including phenoxy) is 1. The maximum Gasteiger partial charge on any atom is 0.339 e. The third kappa shape index (κ3) is 3.13. The van der Waals surface area contributed by atoms with Gasteiger partial charge < -0.3 is 4.74 Å². The van der Waals surface area contributed by atoms with Gasteiger partial charge in [-0.25, -0.2) is 14.5 Å². The van der Waals surface area contributed by atoms with Gasteiger partial charge in [0.05, 0.1) is 24.1 Å². The number of hydrogen-bond acceptors (Lipinski definition) is 4. The molecule has 0 aliphatic heterocycles. The van der Waals surface area contributed by atoms with Gasteiger partial charge in [0, 0.05) is 15.4 Å². The average molecular weight is 422 g/mol. The summed E-state index contributed by atoms with van der Waals surface area (Å²) >= 11 is 3.46. The molecule has 2 aromatic carbocycles. The van der Waals surface area contributed by atoms with Crippen molar-refractivity contribution in [2.45, 2.75) is 6.92 Å². The largest absolute Gasteiger partial charge is 0.465 e. The summed E-state index contributed by atoms with van der Waals surface area (Å²) < 4.78 is 7.70. The van der Waals surface area contributed by atoms with Crippen LogP contribution in [0.5, 0.6) is 0 Å². The van der Waals surface area contributed by atoms with Gasteiger partial charge in [-0.15, -0.1) is 0 Å². The molecule has 0 spiro atoms. The number of benzene rings is 2. The Morgan fingerprint density at radius 3 is 2.44 bits per heavy atom. The van der Waals surface area contributed by atoms with Gasteiger partial charge in [0.25, 0.3) is 0 Å². The number of carbonyl (C=O) groups is 1. The Morgan fingerprint density at radius 2 is 1.78 bits per heavy atom. The molecule has 5 nitrogen and oxygen atoms in total. The van der Waals surface area contributed by atoms with Crippen LogP contribution in [0.25, 0.3) is 28.0 Å². The molecule has 0 N–H and O–H groups in total. The SMILES string of the molecule is COC(=O)c1cc2c(-c3ccc(Br)cc3)nn(-c3ccccc3)c2nc1C. The van der Waals surface area contributed by atoms with E-state index in [0.717, 1.165) is 26.8 Å². The molecule has 27 heavy (non-hydrogen) atoms. The lowest BCUT2D eigenvalue weighted by atomic mass is 10.1. The molecule has 134 valence electrons. The van der Waals surface area contributed by atoms with Gasteiger partial charge in [-0.1, -0.05) is 46.3 Å². The Kier molecular flexibility index (Phi) is 4.49. The number of pyridine rings is 1. The first-order chi connectivity index (χ1) is 13.1. The molecule has 0 atom stereocenters. The Morgan fingerprint density at radius 1 is 1.07 bits per heavy atom. The molecule has 6 heteroatoms. The van der Waals surface area contributed by atoms with Crippen LogP contribution in [-0.2, 0) is 4.74 Å². The number of aromatic nitrogens is 3. The average Bonchev–Trinajstić information content (AvgIpc) is 3.06. The maximum absolute atomic E-state index is 12.2. The highest BCUT2D eigenvalue weighted by molar-refractivity contribution is 9.10. The van der Waals surface area contributed by atoms with E-state index in [0.29, 0.717) is 16.9 Å². The summed E-state index contributed by atoms with van der Waals surface area (Å²) in [4.78, 5) is 16.8. The lowest BCUT2D eigenvalue weighted by Crippen LogP contribution is -2.06. The van der Waals surface area contributed by atoms with E-state index < -0.39 is 5.97 Å². The quantitative estimate of drug-likeness (QED) is 0.439. The fraction of sp³-hybridized carbons (Fsp3) is 0.0952. The van der Waals surface area contributed by atoms with E-state index in [2.05, 4.69) is 20.9 Å². The molecule has 4 aromatic rings. The number of hydrogen-bond donors (Lipinski definition) is 0. The van der Waals surface area contributed by atoms with Gasteiger partial charge in [0.2, 0.25) is 0 Å². The van der Waals surface area contributed by atoms with Crippen molar-refractivity contribution in [3.05, 3.63) is 76.4 Å². The second kappa shape index (κ2) is 6.96. The van der Waals surface area contributed by atoms with Crippen LogP contribution in [0.4, 0.5) is 0 Å². The van der Waals surface area contributed by atoms with Gasteiger partial charge in [0.1, 0.15) is 5.69 Å². The van der Waals surface area contributed by atoms with Crippen LogP contribution in [0.3, 0.4) is 0 Å². The molecule has 0 aliphatic rings. The number of aryl methyl sites for hydroxylation is 1. The molecule has 4 rings (SSSR count). The van der Waals surface area contributed by atoms with E-state index in [-0.39, 0.29) is 0 Å². The zero-order chi connectivity index (χ0) is 19.0. The molecular formula is C21H16BrN3O2. The van der Waals surface area contributed by atoms with E-state index >= 15 is 0 Å². The number of carbonyl (C=O) groups excluding carboxylic acids is 1. The number of esters is 1. The molecule has 0 aliphatic carbocycles. The standard InChI is InChI=1S/C21H16BrN3O2/c1-13-17(21(26)27-2)12-18-19(14-8-10-15(22)11-9-14)24-25(20(18)23-13)16-6-4-3-5-7-16/h3-12H,1-2H3. The van der Waals surface area contributed by atoms with Gasteiger partial charge >= 0.3 is 5.97 Å². The minimum absolute atomic E-state index is 0.406. The van der Waals surface area contributed by atoms with Gasteiger partial charge in [0.15, 0.2) is 5.65 Å². The Bertz CT molecular complexity index is 1140. The summed E-state index contributed by atoms with van der Waals surface area (Å²) in [5.74, 6) is -0.406. The van der Waals surface area contributed by atoms with Crippen molar-refractivity contribution in [3.8, 4) is 16.9 Å². The van der Waals surface area contributed by atoms with Crippen molar-refractivity contribution in [3.63, 3.8) is 0 Å². The monoisotopic (exact) mass is 421 g/mol. The Labute approximate surface area is 164 Å². The lowest BCUT2D eigenvalue weighted by Gasteiger charge is -2.06. The molecule has 0 saturated carbocycles. The number of fused-ring (bicyclic) bond motifs is 1. The smallest absolute Gasteiger partial charge is 0.339 e. The second-order valence-electron chi connectivity index (χ2n) is 6.09. The fourth-order valence-electron chi connectivity index (χ4n) is 3.02. The van der Waals surface area contributed by atoms with Gasteiger partial charge in [-0.3, -0.25) is 0 Å². The van der Waals surface area contributed by atoms with Crippen LogP contribution in [0.2, 0.25) is 0 Å². The van der Waals surface area contributed by atoms with Crippen molar-refractivity contribution < 1.29 is 9.53 Å². The normalized spacial score (nSPS) is 10.9. The van der Waals surface area contributed by atoms with Crippen molar-refractivity contribution in [2.24, 2.45) is 0 Å². The number of methoxy groups -OCH3 is 1. The number of halogens is 1. The summed E-state index contributed by atoms with van der Waals surface area (Å²) in [7, 11) is 1.37. The zero-order valence-electron chi connectivity index (χ0n) is 14.8. The third-order valence-corrected chi connectivity index (χ3v) is 4.90. The van der Waals surface area contributed by atoms with Crippen LogP contribution in [0.1, 0.15) is 16.1 Å². The highest BCUT2D eigenvalue weighted by atomic mass is 79.9. The van der Waals surface area contributed by atoms with Crippen LogP contribution < -0.4 is 0 Å². The van der Waals surface area contributed by atoms with Gasteiger partial charge in [-0.2, -0.15) is 5.10 Å². The summed E-state index contributed by atoms with van der Waals surface area (Å²) in [6.07, 6.45) is 0. The topological polar surface area (TPSA) is 57.0 Å². The predicted octanol–water partition coefficient (Wildman–Crippen LogP) is 4.95. The van der Waals surface area contributed by atoms with Crippen molar-refractivity contribution in [1.82, 2.24) is 14.8 Å². The first-order valence-electron chi connectivity index (χ1n) is 8.38. The molecule has 0 unspecified atom stereocenters. The summed E-state index contributed by atoms with van der Waals surface area (Å²) in [6.45, 7) is 1.80. The summed E-state index contributed by atoms with van der Waals surface area (Å²) in [5, 5.41) is 5.61. The van der Waals surface area contributed by atoms with Crippen molar-refractivity contribution in [2.75, 3.05) is 7.11 Å². The van der Waals surface area contributed by atoms with Crippen LogP contribution in [0.15, 0.2) is 65.1 Å². The molecule has 0 saturated heterocycles. The predicted molar refractivity (Wildman–Crippen MR) is 108 cm³/mol. The molecule has 2 heterocycles. The minimum Gasteiger partial charge on any atom is -0.465 e. The molecule has 2 aromatic heterocycles. The molecule has 0 radical (unpaired) electrons. The molecule has 0 fully saturated rings. The van der Waals surface area contributed by atoms with E-state index in [1.807, 2.05) is 60.7 Å². The highest BCUT2D eigenvalue weighted by Gasteiger charge is 2.20. The second-order valence-corrected chi connectivity index (χ2v) is 7.00. The van der Waals surface area contributed by atoms with Crippen LogP contribution in [-0.4, -0.2) is 27.8 Å². The molecule has 0 amide bonds. The number of nitrogens with zero attached hydrogens (tertiary/aromatic N) is 3. The zero-order valence-corrected chi connectivity index (χ0v) is 16.4.